The third-order valence-electron chi connectivity index (χ3n) is 3.19. The Morgan fingerprint density at radius 1 is 1.30 bits per heavy atom. The molecule has 0 atom stereocenters. The SMILES string of the molecule is Cc1noc(-c2ccnc(N3CCS(=O)(=O)CC3)c2)n1. The van der Waals surface area contributed by atoms with Gasteiger partial charge in [-0.25, -0.2) is 13.4 Å². The molecule has 0 saturated carbocycles. The van der Waals surface area contributed by atoms with Crippen LogP contribution in [-0.2, 0) is 9.84 Å². The Bertz CT molecular complexity index is 712. The van der Waals surface area contributed by atoms with E-state index in [0.717, 1.165) is 11.4 Å². The van der Waals surface area contributed by atoms with E-state index in [1.807, 2.05) is 11.0 Å². The molecular formula is C12H14N4O3S. The van der Waals surface area contributed by atoms with Crippen LogP contribution >= 0.6 is 0 Å². The van der Waals surface area contributed by atoms with Crippen LogP contribution < -0.4 is 4.90 Å². The Kier molecular flexibility index (Phi) is 3.17. The largest absolute Gasteiger partial charge is 0.355 e. The standard InChI is InChI=1S/C12H14N4O3S/c1-9-14-12(19-15-9)10-2-3-13-11(8-10)16-4-6-20(17,18)7-5-16/h2-3,8H,4-7H2,1H3. The lowest BCUT2D eigenvalue weighted by atomic mass is 10.2. The molecule has 0 amide bonds. The number of pyridine rings is 1. The van der Waals surface area contributed by atoms with Crippen LogP contribution in [0.5, 0.6) is 0 Å². The van der Waals surface area contributed by atoms with Gasteiger partial charge in [0.1, 0.15) is 5.82 Å². The van der Waals surface area contributed by atoms with Crippen LogP contribution in [0.15, 0.2) is 22.9 Å². The van der Waals surface area contributed by atoms with Gasteiger partial charge in [-0.15, -0.1) is 0 Å². The smallest absolute Gasteiger partial charge is 0.258 e. The quantitative estimate of drug-likeness (QED) is 0.804. The van der Waals surface area contributed by atoms with Crippen molar-refractivity contribution in [1.29, 1.82) is 0 Å². The van der Waals surface area contributed by atoms with Crippen LogP contribution in [0.2, 0.25) is 0 Å². The summed E-state index contributed by atoms with van der Waals surface area (Å²) in [7, 11) is -2.89. The lowest BCUT2D eigenvalue weighted by Crippen LogP contribution is -2.40. The summed E-state index contributed by atoms with van der Waals surface area (Å²) in [5, 5.41) is 3.75. The molecule has 0 unspecified atom stereocenters. The number of aromatic nitrogens is 3. The maximum atomic E-state index is 11.4. The highest BCUT2D eigenvalue weighted by Crippen LogP contribution is 2.22. The van der Waals surface area contributed by atoms with Gasteiger partial charge in [-0.2, -0.15) is 4.98 Å². The normalized spacial score (nSPS) is 18.1. The summed E-state index contributed by atoms with van der Waals surface area (Å²) in [5.41, 5.74) is 0.782. The zero-order valence-electron chi connectivity index (χ0n) is 11.0. The molecule has 0 aliphatic carbocycles. The second kappa shape index (κ2) is 4.86. The molecule has 1 aliphatic heterocycles. The van der Waals surface area contributed by atoms with Gasteiger partial charge in [0.05, 0.1) is 11.5 Å². The highest BCUT2D eigenvalue weighted by atomic mass is 32.2. The molecule has 20 heavy (non-hydrogen) atoms. The van der Waals surface area contributed by atoms with E-state index in [2.05, 4.69) is 15.1 Å². The van der Waals surface area contributed by atoms with Gasteiger partial charge >= 0.3 is 0 Å². The number of anilines is 1. The molecule has 2 aromatic rings. The molecule has 2 aromatic heterocycles. The minimum Gasteiger partial charge on any atom is -0.355 e. The summed E-state index contributed by atoms with van der Waals surface area (Å²) in [5.74, 6) is 2.07. The Labute approximate surface area is 116 Å². The maximum Gasteiger partial charge on any atom is 0.258 e. The van der Waals surface area contributed by atoms with Crippen molar-refractivity contribution < 1.29 is 12.9 Å². The van der Waals surface area contributed by atoms with Gasteiger partial charge in [-0.05, 0) is 19.1 Å². The van der Waals surface area contributed by atoms with Crippen LogP contribution in [0.4, 0.5) is 5.82 Å². The van der Waals surface area contributed by atoms with Gasteiger partial charge in [0.15, 0.2) is 15.7 Å². The summed E-state index contributed by atoms with van der Waals surface area (Å²) in [4.78, 5) is 10.4. The first kappa shape index (κ1) is 13.0. The molecule has 0 N–H and O–H groups in total. The zero-order chi connectivity index (χ0) is 14.2. The summed E-state index contributed by atoms with van der Waals surface area (Å²) in [6.45, 7) is 2.67. The van der Waals surface area contributed by atoms with Crippen LogP contribution in [0, 0.1) is 6.92 Å². The zero-order valence-corrected chi connectivity index (χ0v) is 11.8. The Balaban J connectivity index is 1.85. The molecule has 8 heteroatoms. The van der Waals surface area contributed by atoms with Crippen molar-refractivity contribution in [3.8, 4) is 11.5 Å². The van der Waals surface area contributed by atoms with E-state index in [-0.39, 0.29) is 11.5 Å². The Hall–Kier alpha value is -1.96. The van der Waals surface area contributed by atoms with Gasteiger partial charge < -0.3 is 9.42 Å². The first-order valence-electron chi connectivity index (χ1n) is 6.26. The van der Waals surface area contributed by atoms with Gasteiger partial charge in [0.2, 0.25) is 0 Å². The lowest BCUT2D eigenvalue weighted by Gasteiger charge is -2.27. The van der Waals surface area contributed by atoms with Crippen LogP contribution in [0.1, 0.15) is 5.82 Å². The highest BCUT2D eigenvalue weighted by Gasteiger charge is 2.22. The molecule has 3 rings (SSSR count). The number of aryl methyl sites for hydroxylation is 1. The van der Waals surface area contributed by atoms with Gasteiger partial charge in [-0.1, -0.05) is 5.16 Å². The van der Waals surface area contributed by atoms with E-state index in [0.29, 0.717) is 24.8 Å². The topological polar surface area (TPSA) is 89.2 Å². The number of sulfone groups is 1. The average molecular weight is 294 g/mol. The molecular weight excluding hydrogens is 280 g/mol. The maximum absolute atomic E-state index is 11.4. The van der Waals surface area contributed by atoms with Gasteiger partial charge in [0.25, 0.3) is 5.89 Å². The lowest BCUT2D eigenvalue weighted by molar-refractivity contribution is 0.425. The van der Waals surface area contributed by atoms with Crippen molar-refractivity contribution in [3.05, 3.63) is 24.2 Å². The predicted octanol–water partition coefficient (Wildman–Crippen LogP) is 0.675. The van der Waals surface area contributed by atoms with Crippen LogP contribution in [0.3, 0.4) is 0 Å². The second-order valence-electron chi connectivity index (χ2n) is 4.69. The molecule has 1 aliphatic rings. The molecule has 3 heterocycles. The summed E-state index contributed by atoms with van der Waals surface area (Å²) >= 11 is 0. The van der Waals surface area contributed by atoms with Crippen LogP contribution in [-0.4, -0.2) is 48.1 Å². The minimum atomic E-state index is -2.89. The van der Waals surface area contributed by atoms with Crippen molar-refractivity contribution in [2.24, 2.45) is 0 Å². The van der Waals surface area contributed by atoms with Gasteiger partial charge in [-0.3, -0.25) is 0 Å². The average Bonchev–Trinajstić information content (AvgIpc) is 2.86. The van der Waals surface area contributed by atoms with Crippen molar-refractivity contribution in [2.45, 2.75) is 6.92 Å². The van der Waals surface area contributed by atoms with Gasteiger partial charge in [0, 0.05) is 24.8 Å². The number of hydrogen-bond donors (Lipinski definition) is 0. The fraction of sp³-hybridized carbons (Fsp3) is 0.417. The van der Waals surface area contributed by atoms with Crippen molar-refractivity contribution in [3.63, 3.8) is 0 Å². The fourth-order valence-electron chi connectivity index (χ4n) is 2.08. The molecule has 0 spiro atoms. The van der Waals surface area contributed by atoms with E-state index in [4.69, 9.17) is 4.52 Å². The summed E-state index contributed by atoms with van der Waals surface area (Å²) in [6.07, 6.45) is 1.66. The van der Waals surface area contributed by atoms with E-state index in [9.17, 15) is 8.42 Å². The van der Waals surface area contributed by atoms with E-state index in [1.54, 1.807) is 19.2 Å². The first-order valence-corrected chi connectivity index (χ1v) is 8.08. The number of rotatable bonds is 2. The molecule has 106 valence electrons. The minimum absolute atomic E-state index is 0.165. The Morgan fingerprint density at radius 3 is 2.70 bits per heavy atom. The van der Waals surface area contributed by atoms with Crippen LogP contribution in [0.25, 0.3) is 11.5 Å². The van der Waals surface area contributed by atoms with Crippen molar-refractivity contribution in [2.75, 3.05) is 29.5 Å². The molecule has 7 nitrogen and oxygen atoms in total. The molecule has 0 bridgehead atoms. The van der Waals surface area contributed by atoms with Crippen molar-refractivity contribution >= 4 is 15.7 Å². The third kappa shape index (κ3) is 2.64. The third-order valence-corrected chi connectivity index (χ3v) is 4.80. The predicted molar refractivity (Wildman–Crippen MR) is 73.1 cm³/mol. The first-order chi connectivity index (χ1) is 9.53. The van der Waals surface area contributed by atoms with E-state index in [1.165, 1.54) is 0 Å². The van der Waals surface area contributed by atoms with E-state index >= 15 is 0 Å². The molecule has 1 saturated heterocycles. The molecule has 0 aromatic carbocycles. The highest BCUT2D eigenvalue weighted by molar-refractivity contribution is 7.91. The van der Waals surface area contributed by atoms with E-state index < -0.39 is 9.84 Å². The summed E-state index contributed by atoms with van der Waals surface area (Å²) in [6, 6.07) is 3.63. The molecule has 1 fully saturated rings. The second-order valence-corrected chi connectivity index (χ2v) is 6.99. The number of hydrogen-bond acceptors (Lipinski definition) is 7. The number of nitrogens with zero attached hydrogens (tertiary/aromatic N) is 4. The molecule has 0 radical (unpaired) electrons. The fourth-order valence-corrected chi connectivity index (χ4v) is 3.28. The monoisotopic (exact) mass is 294 g/mol. The summed E-state index contributed by atoms with van der Waals surface area (Å²) < 4.78 is 28.0. The van der Waals surface area contributed by atoms with Crippen molar-refractivity contribution in [1.82, 2.24) is 15.1 Å². The Morgan fingerprint density at radius 2 is 2.05 bits per heavy atom.